The quantitative estimate of drug-likeness (QED) is 0.800. The van der Waals surface area contributed by atoms with Crippen molar-refractivity contribution in [3.05, 3.63) is 40.9 Å². The van der Waals surface area contributed by atoms with E-state index in [4.69, 9.17) is 10.7 Å². The van der Waals surface area contributed by atoms with Gasteiger partial charge >= 0.3 is 0 Å². The molecule has 2 N–H and O–H groups in total. The third-order valence-corrected chi connectivity index (χ3v) is 3.69. The van der Waals surface area contributed by atoms with Crippen LogP contribution in [0.2, 0.25) is 0 Å². The minimum Gasteiger partial charge on any atom is -0.396 e. The molecule has 3 aromatic rings. The average Bonchev–Trinajstić information content (AvgIpc) is 2.92. The Balaban J connectivity index is 2.11. The van der Waals surface area contributed by atoms with Crippen molar-refractivity contribution in [1.29, 1.82) is 0 Å². The number of imidazole rings is 1. The van der Waals surface area contributed by atoms with E-state index in [-0.39, 0.29) is 0 Å². The molecule has 2 aromatic heterocycles. The number of nitrogens with zero attached hydrogens (tertiary/aromatic N) is 4. The second-order valence-corrected chi connectivity index (χ2v) is 6.01. The Morgan fingerprint density at radius 3 is 2.80 bits per heavy atom. The fourth-order valence-corrected chi connectivity index (χ4v) is 2.77. The lowest BCUT2D eigenvalue weighted by molar-refractivity contribution is 0.551. The van der Waals surface area contributed by atoms with Crippen molar-refractivity contribution in [2.75, 3.05) is 5.73 Å². The molecule has 0 spiro atoms. The van der Waals surface area contributed by atoms with Gasteiger partial charge in [0.2, 0.25) is 0 Å². The number of fused-ring (bicyclic) bond motifs is 1. The van der Waals surface area contributed by atoms with Gasteiger partial charge in [-0.1, -0.05) is 15.9 Å². The summed E-state index contributed by atoms with van der Waals surface area (Å²) < 4.78 is 5.08. The number of nitrogen functional groups attached to an aromatic ring is 1. The van der Waals surface area contributed by atoms with Crippen molar-refractivity contribution in [3.63, 3.8) is 0 Å². The molecule has 2 heterocycles. The van der Waals surface area contributed by atoms with Crippen molar-refractivity contribution in [2.24, 2.45) is 0 Å². The molecule has 0 amide bonds. The summed E-state index contributed by atoms with van der Waals surface area (Å²) >= 11 is 3.49. The zero-order valence-corrected chi connectivity index (χ0v) is 13.0. The Bertz CT molecular complexity index is 756. The van der Waals surface area contributed by atoms with Gasteiger partial charge in [-0.25, -0.2) is 4.98 Å². The van der Waals surface area contributed by atoms with Crippen LogP contribution >= 0.6 is 15.9 Å². The zero-order chi connectivity index (χ0) is 14.3. The zero-order valence-electron chi connectivity index (χ0n) is 11.4. The van der Waals surface area contributed by atoms with Crippen molar-refractivity contribution >= 4 is 32.7 Å². The van der Waals surface area contributed by atoms with Gasteiger partial charge in [0.05, 0.1) is 29.5 Å². The largest absolute Gasteiger partial charge is 0.396 e. The molecule has 5 nitrogen and oxygen atoms in total. The second kappa shape index (κ2) is 4.94. The van der Waals surface area contributed by atoms with Gasteiger partial charge < -0.3 is 10.3 Å². The molecule has 0 saturated carbocycles. The van der Waals surface area contributed by atoms with Crippen LogP contribution in [0.1, 0.15) is 25.7 Å². The Morgan fingerprint density at radius 2 is 2.15 bits per heavy atom. The number of rotatable bonds is 3. The fourth-order valence-electron chi connectivity index (χ4n) is 2.42. The monoisotopic (exact) mass is 333 g/mol. The van der Waals surface area contributed by atoms with Crippen LogP contribution in [-0.4, -0.2) is 19.3 Å². The van der Waals surface area contributed by atoms with Crippen molar-refractivity contribution in [3.8, 4) is 0 Å². The molecule has 0 saturated heterocycles. The van der Waals surface area contributed by atoms with Crippen LogP contribution in [0.15, 0.2) is 35.1 Å². The smallest absolute Gasteiger partial charge is 0.131 e. The highest BCUT2D eigenvalue weighted by molar-refractivity contribution is 9.10. The van der Waals surface area contributed by atoms with Crippen molar-refractivity contribution < 1.29 is 0 Å². The molecule has 0 radical (unpaired) electrons. The highest BCUT2D eigenvalue weighted by Gasteiger charge is 2.14. The lowest BCUT2D eigenvalue weighted by Gasteiger charge is -2.13. The van der Waals surface area contributed by atoms with Gasteiger partial charge in [0.15, 0.2) is 0 Å². The Labute approximate surface area is 125 Å². The van der Waals surface area contributed by atoms with Crippen LogP contribution in [0.4, 0.5) is 5.69 Å². The van der Waals surface area contributed by atoms with E-state index in [1.54, 1.807) is 6.20 Å². The van der Waals surface area contributed by atoms with Crippen LogP contribution < -0.4 is 5.73 Å². The third-order valence-electron chi connectivity index (χ3n) is 3.20. The van der Waals surface area contributed by atoms with Crippen LogP contribution in [0, 0.1) is 0 Å². The maximum Gasteiger partial charge on any atom is 0.131 e. The topological polar surface area (TPSA) is 61.7 Å². The van der Waals surface area contributed by atoms with E-state index >= 15 is 0 Å². The van der Waals surface area contributed by atoms with E-state index in [9.17, 15) is 0 Å². The molecular formula is C14H16BrN5. The second-order valence-electron chi connectivity index (χ2n) is 5.10. The molecule has 0 fully saturated rings. The molecule has 1 aromatic carbocycles. The summed E-state index contributed by atoms with van der Waals surface area (Å²) in [5.41, 5.74) is 8.50. The molecule has 0 unspecified atom stereocenters. The Kier molecular flexibility index (Phi) is 3.25. The van der Waals surface area contributed by atoms with Crippen LogP contribution in [-0.2, 0) is 6.54 Å². The van der Waals surface area contributed by atoms with Gasteiger partial charge in [0, 0.05) is 16.7 Å². The molecule has 104 valence electrons. The number of halogens is 1. The first-order valence-corrected chi connectivity index (χ1v) is 7.28. The SMILES string of the molecule is CC(C)n1c(Cn2cc(N)cn2)nc2cc(Br)ccc21. The standard InChI is InChI=1S/C14H16BrN5/c1-9(2)20-13-4-3-10(15)5-12(13)18-14(20)8-19-7-11(16)6-17-19/h3-7,9H,8,16H2,1-2H3. The lowest BCUT2D eigenvalue weighted by atomic mass is 10.3. The summed E-state index contributed by atoms with van der Waals surface area (Å²) in [6.07, 6.45) is 3.47. The molecular weight excluding hydrogens is 318 g/mol. The highest BCUT2D eigenvalue weighted by Crippen LogP contribution is 2.24. The molecule has 0 aliphatic heterocycles. The Hall–Kier alpha value is -1.82. The van der Waals surface area contributed by atoms with Gasteiger partial charge in [-0.3, -0.25) is 4.68 Å². The number of benzene rings is 1. The number of nitrogens with two attached hydrogens (primary N) is 1. The molecule has 20 heavy (non-hydrogen) atoms. The summed E-state index contributed by atoms with van der Waals surface area (Å²) in [6.45, 7) is 4.93. The predicted octanol–water partition coefficient (Wildman–Crippen LogP) is 3.21. The van der Waals surface area contributed by atoms with E-state index in [1.165, 1.54) is 0 Å². The maximum atomic E-state index is 5.71. The maximum absolute atomic E-state index is 5.71. The first-order valence-electron chi connectivity index (χ1n) is 6.49. The van der Waals surface area contributed by atoms with Crippen LogP contribution in [0.25, 0.3) is 11.0 Å². The number of hydrogen-bond donors (Lipinski definition) is 1. The van der Waals surface area contributed by atoms with Gasteiger partial charge in [-0.2, -0.15) is 5.10 Å². The number of hydrogen-bond acceptors (Lipinski definition) is 3. The normalized spacial score (nSPS) is 11.6. The summed E-state index contributed by atoms with van der Waals surface area (Å²) in [4.78, 5) is 4.73. The first kappa shape index (κ1) is 13.2. The van der Waals surface area contributed by atoms with E-state index in [2.05, 4.69) is 45.5 Å². The van der Waals surface area contributed by atoms with Gasteiger partial charge in [0.1, 0.15) is 5.82 Å². The summed E-state index contributed by atoms with van der Waals surface area (Å²) in [7, 11) is 0. The molecule has 0 aliphatic rings. The lowest BCUT2D eigenvalue weighted by Crippen LogP contribution is -2.11. The molecule has 0 atom stereocenters. The van der Waals surface area contributed by atoms with E-state index in [1.807, 2.05) is 23.0 Å². The molecule has 0 aliphatic carbocycles. The minimum atomic E-state index is 0.337. The highest BCUT2D eigenvalue weighted by atomic mass is 79.9. The van der Waals surface area contributed by atoms with Gasteiger partial charge in [-0.05, 0) is 32.0 Å². The minimum absolute atomic E-state index is 0.337. The van der Waals surface area contributed by atoms with Crippen molar-refractivity contribution in [2.45, 2.75) is 26.4 Å². The Morgan fingerprint density at radius 1 is 1.35 bits per heavy atom. The van der Waals surface area contributed by atoms with E-state index in [0.717, 1.165) is 21.3 Å². The summed E-state index contributed by atoms with van der Waals surface area (Å²) in [5.74, 6) is 0.983. The fraction of sp³-hybridized carbons (Fsp3) is 0.286. The predicted molar refractivity (Wildman–Crippen MR) is 83.6 cm³/mol. The van der Waals surface area contributed by atoms with Gasteiger partial charge in [-0.15, -0.1) is 0 Å². The van der Waals surface area contributed by atoms with Gasteiger partial charge in [0.25, 0.3) is 0 Å². The first-order chi connectivity index (χ1) is 9.54. The van der Waals surface area contributed by atoms with Crippen molar-refractivity contribution in [1.82, 2.24) is 19.3 Å². The number of anilines is 1. The molecule has 6 heteroatoms. The van der Waals surface area contributed by atoms with E-state index in [0.29, 0.717) is 18.3 Å². The summed E-state index contributed by atoms with van der Waals surface area (Å²) in [5, 5.41) is 4.23. The average molecular weight is 334 g/mol. The van der Waals surface area contributed by atoms with Crippen LogP contribution in [0.3, 0.4) is 0 Å². The molecule has 3 rings (SSSR count). The van der Waals surface area contributed by atoms with E-state index < -0.39 is 0 Å². The third kappa shape index (κ3) is 2.31. The molecule has 0 bridgehead atoms. The van der Waals surface area contributed by atoms with Crippen LogP contribution in [0.5, 0.6) is 0 Å². The number of aromatic nitrogens is 4. The summed E-state index contributed by atoms with van der Waals surface area (Å²) in [6, 6.07) is 6.50.